The number of hydrogen-bond donors (Lipinski definition) is 3. The molecular formula is C28H23ClN2O6. The zero-order valence-corrected chi connectivity index (χ0v) is 20.5. The molecule has 0 unspecified atom stereocenters. The van der Waals surface area contributed by atoms with Crippen LogP contribution in [0.1, 0.15) is 38.8 Å². The first-order chi connectivity index (χ1) is 17.9. The van der Waals surface area contributed by atoms with E-state index in [0.717, 1.165) is 10.8 Å². The van der Waals surface area contributed by atoms with Crippen LogP contribution < -0.4 is 14.9 Å². The Morgan fingerprint density at radius 1 is 1.00 bits per heavy atom. The number of hydrazone groups is 1. The molecule has 0 radical (unpaired) electrons. The molecule has 9 heteroatoms. The van der Waals surface area contributed by atoms with Crippen molar-refractivity contribution in [3.8, 4) is 17.2 Å². The molecule has 37 heavy (non-hydrogen) atoms. The van der Waals surface area contributed by atoms with Crippen LogP contribution in [0.25, 0.3) is 10.8 Å². The van der Waals surface area contributed by atoms with E-state index < -0.39 is 11.9 Å². The summed E-state index contributed by atoms with van der Waals surface area (Å²) in [6.07, 6.45) is 1.39. The molecular weight excluding hydrogens is 496 g/mol. The van der Waals surface area contributed by atoms with Crippen LogP contribution in [0.15, 0.2) is 77.9 Å². The molecule has 4 aromatic rings. The number of halogens is 1. The summed E-state index contributed by atoms with van der Waals surface area (Å²) < 4.78 is 11.5. The van der Waals surface area contributed by atoms with E-state index in [1.54, 1.807) is 30.3 Å². The number of aromatic hydroxyl groups is 1. The summed E-state index contributed by atoms with van der Waals surface area (Å²) in [7, 11) is 0. The van der Waals surface area contributed by atoms with E-state index in [9.17, 15) is 19.8 Å². The lowest BCUT2D eigenvalue weighted by Crippen LogP contribution is -2.17. The number of benzene rings is 4. The highest BCUT2D eigenvalue weighted by Gasteiger charge is 2.14. The van der Waals surface area contributed by atoms with Crippen molar-refractivity contribution in [2.75, 3.05) is 6.61 Å². The summed E-state index contributed by atoms with van der Waals surface area (Å²) in [5.74, 6) is -1.08. The van der Waals surface area contributed by atoms with Crippen molar-refractivity contribution in [1.82, 2.24) is 5.43 Å². The van der Waals surface area contributed by atoms with Gasteiger partial charge in [-0.15, -0.1) is 0 Å². The van der Waals surface area contributed by atoms with Crippen LogP contribution in [0.2, 0.25) is 5.02 Å². The molecule has 0 saturated carbocycles. The molecule has 0 atom stereocenters. The van der Waals surface area contributed by atoms with Crippen molar-refractivity contribution in [1.29, 1.82) is 0 Å². The molecule has 4 rings (SSSR count). The number of carbonyl (C=O) groups excluding carboxylic acids is 1. The Kier molecular flexibility index (Phi) is 7.90. The number of rotatable bonds is 9. The molecule has 3 N–H and O–H groups in total. The minimum absolute atomic E-state index is 0.0830. The number of nitrogens with one attached hydrogen (secondary N) is 1. The van der Waals surface area contributed by atoms with E-state index in [1.807, 2.05) is 31.2 Å². The molecule has 0 bridgehead atoms. The standard InChI is InChI=1S/C28H23ClN2O6/c1-2-36-25-12-18(11-23(29)26(25)37-16-17-6-5-9-21(10-17)28(34)35)15-30-31-27(33)22-13-19-7-3-4-8-20(19)14-24(22)32/h3-15,32H,2,16H2,1H3,(H,31,33)(H,34,35). The first-order valence-corrected chi connectivity index (χ1v) is 11.7. The molecule has 0 spiro atoms. The van der Waals surface area contributed by atoms with Crippen molar-refractivity contribution < 1.29 is 29.3 Å². The maximum atomic E-state index is 12.6. The van der Waals surface area contributed by atoms with Gasteiger partial charge in [0.15, 0.2) is 11.5 Å². The summed E-state index contributed by atoms with van der Waals surface area (Å²) in [5, 5.41) is 25.3. The van der Waals surface area contributed by atoms with Crippen LogP contribution in [0.5, 0.6) is 17.2 Å². The number of aromatic carboxylic acids is 1. The van der Waals surface area contributed by atoms with Gasteiger partial charge in [0.2, 0.25) is 0 Å². The Bertz CT molecular complexity index is 1500. The third kappa shape index (κ3) is 6.17. The quantitative estimate of drug-likeness (QED) is 0.195. The largest absolute Gasteiger partial charge is 0.507 e. The van der Waals surface area contributed by atoms with Gasteiger partial charge in [-0.2, -0.15) is 5.10 Å². The number of fused-ring (bicyclic) bond motifs is 1. The van der Waals surface area contributed by atoms with Gasteiger partial charge < -0.3 is 19.7 Å². The fourth-order valence-corrected chi connectivity index (χ4v) is 3.92. The maximum absolute atomic E-state index is 12.6. The summed E-state index contributed by atoms with van der Waals surface area (Å²) in [6.45, 7) is 2.24. The van der Waals surface area contributed by atoms with Crippen LogP contribution in [-0.2, 0) is 6.61 Å². The molecule has 0 aliphatic rings. The van der Waals surface area contributed by atoms with Crippen molar-refractivity contribution in [2.45, 2.75) is 13.5 Å². The van der Waals surface area contributed by atoms with E-state index in [-0.39, 0.29) is 28.5 Å². The second-order valence-electron chi connectivity index (χ2n) is 7.97. The van der Waals surface area contributed by atoms with Gasteiger partial charge in [-0.1, -0.05) is 48.0 Å². The number of carbonyl (C=O) groups is 2. The lowest BCUT2D eigenvalue weighted by atomic mass is 10.1. The first kappa shape index (κ1) is 25.5. The fraction of sp³-hybridized carbons (Fsp3) is 0.107. The molecule has 8 nitrogen and oxygen atoms in total. The third-order valence-electron chi connectivity index (χ3n) is 5.38. The minimum Gasteiger partial charge on any atom is -0.507 e. The van der Waals surface area contributed by atoms with Crippen molar-refractivity contribution in [3.05, 3.63) is 100 Å². The second-order valence-corrected chi connectivity index (χ2v) is 8.38. The lowest BCUT2D eigenvalue weighted by molar-refractivity contribution is 0.0696. The van der Waals surface area contributed by atoms with Crippen molar-refractivity contribution in [2.24, 2.45) is 5.10 Å². The van der Waals surface area contributed by atoms with Gasteiger partial charge in [0.05, 0.1) is 29.0 Å². The number of carboxylic acids is 1. The van der Waals surface area contributed by atoms with Gasteiger partial charge in [0.1, 0.15) is 12.4 Å². The highest BCUT2D eigenvalue weighted by molar-refractivity contribution is 6.32. The average molecular weight is 519 g/mol. The number of amides is 1. The number of phenols is 1. The second kappa shape index (κ2) is 11.5. The predicted octanol–water partition coefficient (Wildman–Crippen LogP) is 5.64. The molecule has 0 aliphatic carbocycles. The predicted molar refractivity (Wildman–Crippen MR) is 141 cm³/mol. The molecule has 0 heterocycles. The average Bonchev–Trinajstić information content (AvgIpc) is 2.88. The summed E-state index contributed by atoms with van der Waals surface area (Å²) >= 11 is 6.45. The van der Waals surface area contributed by atoms with Gasteiger partial charge in [-0.05, 0) is 65.2 Å². The first-order valence-electron chi connectivity index (χ1n) is 11.3. The number of nitrogens with zero attached hydrogens (tertiary/aromatic N) is 1. The third-order valence-corrected chi connectivity index (χ3v) is 5.66. The highest BCUT2D eigenvalue weighted by Crippen LogP contribution is 2.37. The highest BCUT2D eigenvalue weighted by atomic mass is 35.5. The Morgan fingerprint density at radius 3 is 2.49 bits per heavy atom. The fourth-order valence-electron chi connectivity index (χ4n) is 3.65. The zero-order chi connectivity index (χ0) is 26.4. The molecule has 1 amide bonds. The molecule has 0 aliphatic heterocycles. The number of hydrogen-bond acceptors (Lipinski definition) is 6. The molecule has 188 valence electrons. The molecule has 0 saturated heterocycles. The monoisotopic (exact) mass is 518 g/mol. The van der Waals surface area contributed by atoms with Crippen LogP contribution in [0, 0.1) is 0 Å². The van der Waals surface area contributed by atoms with Gasteiger partial charge in [0, 0.05) is 0 Å². The van der Waals surface area contributed by atoms with Crippen LogP contribution in [-0.4, -0.2) is 34.9 Å². The van der Waals surface area contributed by atoms with Gasteiger partial charge in [-0.3, -0.25) is 4.79 Å². The van der Waals surface area contributed by atoms with Crippen molar-refractivity contribution >= 4 is 40.5 Å². The lowest BCUT2D eigenvalue weighted by Gasteiger charge is -2.14. The van der Waals surface area contributed by atoms with Crippen LogP contribution in [0.3, 0.4) is 0 Å². The number of carboxylic acid groups (broad SMARTS) is 1. The maximum Gasteiger partial charge on any atom is 0.335 e. The number of ether oxygens (including phenoxy) is 2. The van der Waals surface area contributed by atoms with Gasteiger partial charge in [0.25, 0.3) is 5.91 Å². The van der Waals surface area contributed by atoms with E-state index in [4.69, 9.17) is 21.1 Å². The summed E-state index contributed by atoms with van der Waals surface area (Å²) in [4.78, 5) is 23.8. The van der Waals surface area contributed by atoms with E-state index in [1.165, 1.54) is 24.4 Å². The molecule has 0 aromatic heterocycles. The van der Waals surface area contributed by atoms with E-state index in [0.29, 0.717) is 29.2 Å². The smallest absolute Gasteiger partial charge is 0.335 e. The van der Waals surface area contributed by atoms with Gasteiger partial charge in [-0.25, -0.2) is 10.2 Å². The van der Waals surface area contributed by atoms with Crippen LogP contribution in [0.4, 0.5) is 0 Å². The van der Waals surface area contributed by atoms with Crippen molar-refractivity contribution in [3.63, 3.8) is 0 Å². The topological polar surface area (TPSA) is 117 Å². The summed E-state index contributed by atoms with van der Waals surface area (Å²) in [6, 6.07) is 20.2. The Labute approximate surface area is 217 Å². The SMILES string of the molecule is CCOc1cc(C=NNC(=O)c2cc3ccccc3cc2O)cc(Cl)c1OCc1cccc(C(=O)O)c1. The zero-order valence-electron chi connectivity index (χ0n) is 19.8. The van der Waals surface area contributed by atoms with E-state index >= 15 is 0 Å². The minimum atomic E-state index is -1.03. The molecule has 0 fully saturated rings. The summed E-state index contributed by atoms with van der Waals surface area (Å²) in [5.41, 5.74) is 3.85. The molecule has 4 aromatic carbocycles. The number of phenolic OH excluding ortho intramolecular Hbond substituents is 1. The Balaban J connectivity index is 1.49. The van der Waals surface area contributed by atoms with E-state index in [2.05, 4.69) is 10.5 Å². The van der Waals surface area contributed by atoms with Crippen LogP contribution >= 0.6 is 11.6 Å². The Morgan fingerprint density at radius 2 is 1.76 bits per heavy atom. The Hall–Kier alpha value is -4.56. The normalized spacial score (nSPS) is 11.0. The van der Waals surface area contributed by atoms with Gasteiger partial charge >= 0.3 is 5.97 Å².